The normalized spacial score (nSPS) is 13.4. The van der Waals surface area contributed by atoms with Crippen LogP contribution in [0.1, 0.15) is 30.5 Å². The predicted molar refractivity (Wildman–Crippen MR) is 174 cm³/mol. The third kappa shape index (κ3) is 3.62. The van der Waals surface area contributed by atoms with Crippen molar-refractivity contribution < 1.29 is 0 Å². The Morgan fingerprint density at radius 1 is 0.463 bits per heavy atom. The van der Waals surface area contributed by atoms with Crippen LogP contribution in [0.3, 0.4) is 0 Å². The van der Waals surface area contributed by atoms with Gasteiger partial charge >= 0.3 is 0 Å². The lowest BCUT2D eigenvalue weighted by atomic mass is 9.82. The Balaban J connectivity index is 1.34. The second kappa shape index (κ2) is 8.81. The van der Waals surface area contributed by atoms with Crippen LogP contribution in [0.4, 0.5) is 0 Å². The fourth-order valence-corrected chi connectivity index (χ4v) is 6.98. The quantitative estimate of drug-likeness (QED) is 0.216. The summed E-state index contributed by atoms with van der Waals surface area (Å²) in [6, 6.07) is 49.3. The van der Waals surface area contributed by atoms with Gasteiger partial charge in [-0.15, -0.1) is 0 Å². The van der Waals surface area contributed by atoms with Crippen LogP contribution in [0.25, 0.3) is 60.9 Å². The van der Waals surface area contributed by atoms with Crippen LogP contribution in [0, 0.1) is 6.92 Å². The van der Waals surface area contributed by atoms with Crippen LogP contribution >= 0.6 is 0 Å². The first-order valence-corrected chi connectivity index (χ1v) is 14.4. The molecule has 0 amide bonds. The molecular formula is C40H31N. The van der Waals surface area contributed by atoms with Crippen molar-refractivity contribution in [3.05, 3.63) is 150 Å². The molecule has 1 aromatic heterocycles. The number of fused-ring (bicyclic) bond motifs is 6. The Hall–Kier alpha value is -4.88. The summed E-state index contributed by atoms with van der Waals surface area (Å²) in [5.41, 5.74) is 15.4. The molecule has 8 rings (SSSR count). The van der Waals surface area contributed by atoms with Crippen molar-refractivity contribution in [2.45, 2.75) is 26.2 Å². The maximum absolute atomic E-state index is 2.45. The lowest BCUT2D eigenvalue weighted by Gasteiger charge is -2.21. The molecule has 7 aromatic rings. The monoisotopic (exact) mass is 525 g/mol. The van der Waals surface area contributed by atoms with Crippen LogP contribution < -0.4 is 0 Å². The highest BCUT2D eigenvalue weighted by Gasteiger charge is 2.35. The van der Waals surface area contributed by atoms with Crippen LogP contribution in [-0.2, 0) is 5.41 Å². The molecule has 0 N–H and O–H groups in total. The number of nitrogens with zero attached hydrogens (tertiary/aromatic N) is 1. The summed E-state index contributed by atoms with van der Waals surface area (Å²) in [5, 5.41) is 2.56. The van der Waals surface area contributed by atoms with E-state index in [0.717, 1.165) is 0 Å². The van der Waals surface area contributed by atoms with E-state index in [0.29, 0.717) is 0 Å². The van der Waals surface area contributed by atoms with E-state index in [9.17, 15) is 0 Å². The van der Waals surface area contributed by atoms with Crippen molar-refractivity contribution in [1.29, 1.82) is 0 Å². The number of benzene rings is 6. The summed E-state index contributed by atoms with van der Waals surface area (Å²) in [5.74, 6) is 0. The van der Waals surface area contributed by atoms with Gasteiger partial charge in [-0.25, -0.2) is 0 Å². The van der Waals surface area contributed by atoms with Gasteiger partial charge in [0.25, 0.3) is 0 Å². The average Bonchev–Trinajstić information content (AvgIpc) is 3.45. The molecule has 0 unspecified atom stereocenters. The minimum atomic E-state index is 0.000754. The molecule has 1 aliphatic rings. The molecule has 0 spiro atoms. The van der Waals surface area contributed by atoms with Crippen molar-refractivity contribution in [1.82, 2.24) is 4.57 Å². The number of hydrogen-bond donors (Lipinski definition) is 0. The van der Waals surface area contributed by atoms with Crippen LogP contribution in [-0.4, -0.2) is 4.57 Å². The molecule has 1 aliphatic carbocycles. The SMILES string of the molecule is Cc1cccc(-c2cccc(-c3ccc4c5ccccc5n(-c5ccc6c(c5)-c5ccccc5C6(C)C)c4c3)c2)c1. The summed E-state index contributed by atoms with van der Waals surface area (Å²) in [7, 11) is 0. The van der Waals surface area contributed by atoms with Gasteiger partial charge in [-0.1, -0.05) is 123 Å². The fraction of sp³-hybridized carbons (Fsp3) is 0.100. The standard InChI is InChI=1S/C40H31N/c1-26-10-8-11-27(22-26)28-12-9-13-29(23-28)30-18-20-34-33-15-5-7-17-38(33)41(39(34)24-30)31-19-21-37-35(25-31)32-14-4-6-16-36(32)40(37,2)3/h4-25H,1-3H3. The third-order valence-corrected chi connectivity index (χ3v) is 9.05. The van der Waals surface area contributed by atoms with Gasteiger partial charge in [-0.2, -0.15) is 0 Å². The first-order valence-electron chi connectivity index (χ1n) is 14.4. The number of para-hydroxylation sites is 1. The number of aromatic nitrogens is 1. The first-order chi connectivity index (χ1) is 20.0. The highest BCUT2D eigenvalue weighted by molar-refractivity contribution is 6.10. The average molecular weight is 526 g/mol. The predicted octanol–water partition coefficient (Wildman–Crippen LogP) is 10.7. The van der Waals surface area contributed by atoms with Crippen LogP contribution in [0.2, 0.25) is 0 Å². The van der Waals surface area contributed by atoms with E-state index in [2.05, 4.69) is 159 Å². The number of rotatable bonds is 3. The molecule has 0 bridgehead atoms. The molecule has 1 heteroatoms. The maximum atomic E-state index is 2.45. The van der Waals surface area contributed by atoms with Gasteiger partial charge in [-0.05, 0) is 81.8 Å². The van der Waals surface area contributed by atoms with Gasteiger partial charge in [0.15, 0.2) is 0 Å². The van der Waals surface area contributed by atoms with E-state index in [4.69, 9.17) is 0 Å². The van der Waals surface area contributed by atoms with Gasteiger partial charge in [0.2, 0.25) is 0 Å². The second-order valence-electron chi connectivity index (χ2n) is 11.9. The smallest absolute Gasteiger partial charge is 0.0547 e. The van der Waals surface area contributed by atoms with Crippen LogP contribution in [0.5, 0.6) is 0 Å². The fourth-order valence-electron chi connectivity index (χ4n) is 6.98. The zero-order chi connectivity index (χ0) is 27.7. The lowest BCUT2D eigenvalue weighted by Crippen LogP contribution is -2.14. The molecular weight excluding hydrogens is 494 g/mol. The van der Waals surface area contributed by atoms with Crippen molar-refractivity contribution in [2.75, 3.05) is 0 Å². The van der Waals surface area contributed by atoms with Crippen molar-refractivity contribution in [3.63, 3.8) is 0 Å². The minimum absolute atomic E-state index is 0.000754. The molecule has 0 aliphatic heterocycles. The molecule has 0 atom stereocenters. The van der Waals surface area contributed by atoms with E-state index < -0.39 is 0 Å². The van der Waals surface area contributed by atoms with Gasteiger partial charge in [-0.3, -0.25) is 0 Å². The van der Waals surface area contributed by atoms with Gasteiger partial charge < -0.3 is 4.57 Å². The molecule has 0 fully saturated rings. The molecule has 0 saturated carbocycles. The molecule has 0 radical (unpaired) electrons. The van der Waals surface area contributed by atoms with E-state index in [1.807, 2.05) is 0 Å². The van der Waals surface area contributed by atoms with Gasteiger partial charge in [0.05, 0.1) is 11.0 Å². The van der Waals surface area contributed by atoms with Crippen molar-refractivity contribution >= 4 is 21.8 Å². The van der Waals surface area contributed by atoms with Gasteiger partial charge in [0, 0.05) is 21.9 Å². The zero-order valence-electron chi connectivity index (χ0n) is 23.6. The van der Waals surface area contributed by atoms with E-state index in [-0.39, 0.29) is 5.41 Å². The molecule has 6 aromatic carbocycles. The summed E-state index contributed by atoms with van der Waals surface area (Å²) < 4.78 is 2.45. The van der Waals surface area contributed by atoms with Crippen molar-refractivity contribution in [2.24, 2.45) is 0 Å². The molecule has 196 valence electrons. The second-order valence-corrected chi connectivity index (χ2v) is 11.9. The largest absolute Gasteiger partial charge is 0.309 e. The van der Waals surface area contributed by atoms with E-state index in [1.165, 1.54) is 77.6 Å². The number of hydrogen-bond acceptors (Lipinski definition) is 0. The zero-order valence-corrected chi connectivity index (χ0v) is 23.6. The first kappa shape index (κ1) is 24.0. The Kier molecular flexibility index (Phi) is 5.15. The summed E-state index contributed by atoms with van der Waals surface area (Å²) in [4.78, 5) is 0. The topological polar surface area (TPSA) is 4.93 Å². The van der Waals surface area contributed by atoms with Crippen molar-refractivity contribution in [3.8, 4) is 39.1 Å². The Labute approximate surface area is 241 Å². The third-order valence-electron chi connectivity index (χ3n) is 9.05. The lowest BCUT2D eigenvalue weighted by molar-refractivity contribution is 0.660. The highest BCUT2D eigenvalue weighted by Crippen LogP contribution is 2.49. The van der Waals surface area contributed by atoms with Crippen LogP contribution in [0.15, 0.2) is 133 Å². The molecule has 1 heterocycles. The highest BCUT2D eigenvalue weighted by atomic mass is 15.0. The Morgan fingerprint density at radius 3 is 1.95 bits per heavy atom. The summed E-state index contributed by atoms with van der Waals surface area (Å²) in [6.07, 6.45) is 0. The Bertz CT molecular complexity index is 2140. The maximum Gasteiger partial charge on any atom is 0.0547 e. The van der Waals surface area contributed by atoms with E-state index >= 15 is 0 Å². The minimum Gasteiger partial charge on any atom is -0.309 e. The molecule has 41 heavy (non-hydrogen) atoms. The number of aryl methyl sites for hydroxylation is 1. The van der Waals surface area contributed by atoms with E-state index in [1.54, 1.807) is 0 Å². The summed E-state index contributed by atoms with van der Waals surface area (Å²) in [6.45, 7) is 6.84. The summed E-state index contributed by atoms with van der Waals surface area (Å²) >= 11 is 0. The Morgan fingerprint density at radius 2 is 1.12 bits per heavy atom. The molecule has 0 saturated heterocycles. The van der Waals surface area contributed by atoms with Gasteiger partial charge in [0.1, 0.15) is 0 Å². The molecule has 1 nitrogen and oxygen atoms in total.